The lowest BCUT2D eigenvalue weighted by Gasteiger charge is -2.35. The molecule has 3 heterocycles. The van der Waals surface area contributed by atoms with Crippen LogP contribution in [0, 0.1) is 12.3 Å². The fourth-order valence-corrected chi connectivity index (χ4v) is 5.40. The molecule has 0 bridgehead atoms. The Bertz CT molecular complexity index is 1060. The van der Waals surface area contributed by atoms with E-state index in [1.807, 2.05) is 71.3 Å². The number of hydrogen-bond donors (Lipinski definition) is 3. The number of thiazole rings is 1. The first-order valence-corrected chi connectivity index (χ1v) is 13.0. The van der Waals surface area contributed by atoms with Crippen molar-refractivity contribution in [3.8, 4) is 10.4 Å². The Labute approximate surface area is 211 Å². The van der Waals surface area contributed by atoms with Crippen LogP contribution in [0.3, 0.4) is 0 Å². The number of likely N-dealkylation sites (tertiary alicyclic amines) is 1. The maximum atomic E-state index is 13.6. The minimum atomic E-state index is -0.733. The van der Waals surface area contributed by atoms with Crippen molar-refractivity contribution in [2.24, 2.45) is 5.41 Å². The summed E-state index contributed by atoms with van der Waals surface area (Å²) in [6, 6.07) is 6.58. The largest absolute Gasteiger partial charge is 0.391 e. The zero-order valence-corrected chi connectivity index (χ0v) is 22.1. The number of carbonyl (C=O) groups is 2. The second kappa shape index (κ2) is 9.97. The van der Waals surface area contributed by atoms with Crippen LogP contribution in [0.5, 0.6) is 0 Å². The molecule has 2 aliphatic heterocycles. The van der Waals surface area contributed by atoms with Gasteiger partial charge in [0.15, 0.2) is 0 Å². The van der Waals surface area contributed by atoms with Crippen molar-refractivity contribution in [3.05, 3.63) is 41.0 Å². The van der Waals surface area contributed by atoms with Crippen LogP contribution in [0.25, 0.3) is 10.4 Å². The van der Waals surface area contributed by atoms with Gasteiger partial charge in [-0.1, -0.05) is 45.0 Å². The zero-order chi connectivity index (χ0) is 25.5. The van der Waals surface area contributed by atoms with Gasteiger partial charge in [0.1, 0.15) is 12.3 Å². The van der Waals surface area contributed by atoms with Gasteiger partial charge in [-0.2, -0.15) is 0 Å². The number of β-amino-alcohol motifs (C(OH)–C–C–N with tert-alkyl or cyclic N) is 1. The highest BCUT2D eigenvalue weighted by Crippen LogP contribution is 2.30. The Morgan fingerprint density at radius 2 is 1.91 bits per heavy atom. The molecule has 1 unspecified atom stereocenters. The molecular formula is C26H36N4O4S. The lowest BCUT2D eigenvalue weighted by molar-refractivity contribution is -0.142. The lowest BCUT2D eigenvalue weighted by atomic mass is 9.85. The molecule has 190 valence electrons. The molecule has 0 spiro atoms. The summed E-state index contributed by atoms with van der Waals surface area (Å²) in [5, 5.41) is 16.7. The van der Waals surface area contributed by atoms with Crippen molar-refractivity contribution in [3.63, 3.8) is 0 Å². The van der Waals surface area contributed by atoms with Gasteiger partial charge in [0.2, 0.25) is 11.8 Å². The van der Waals surface area contributed by atoms with Crippen molar-refractivity contribution < 1.29 is 19.4 Å². The second-order valence-corrected chi connectivity index (χ2v) is 11.6. The highest BCUT2D eigenvalue weighted by Gasteiger charge is 2.47. The Balaban J connectivity index is 1.44. The molecule has 0 aliphatic carbocycles. The SMILES string of the molecule is Cc1ncsc1-c1ccc([C@H](C)NC(=O)[C@@H]2C[C@H](O)CN2C(=O)[C@@H](NC2O[C@H]2C)C(C)(C)C)cc1. The van der Waals surface area contributed by atoms with E-state index in [1.165, 1.54) is 4.90 Å². The first-order valence-electron chi connectivity index (χ1n) is 12.2. The van der Waals surface area contributed by atoms with Crippen molar-refractivity contribution in [2.75, 3.05) is 6.54 Å². The van der Waals surface area contributed by atoms with Crippen LogP contribution in [0.15, 0.2) is 29.8 Å². The molecule has 6 atom stereocenters. The van der Waals surface area contributed by atoms with Crippen LogP contribution in [0.2, 0.25) is 0 Å². The summed E-state index contributed by atoms with van der Waals surface area (Å²) in [6.07, 6.45) is -0.618. The van der Waals surface area contributed by atoms with E-state index in [2.05, 4.69) is 15.6 Å². The van der Waals surface area contributed by atoms with Gasteiger partial charge in [0.05, 0.1) is 40.4 Å². The minimum Gasteiger partial charge on any atom is -0.391 e. The van der Waals surface area contributed by atoms with E-state index >= 15 is 0 Å². The Hall–Kier alpha value is -2.33. The summed E-state index contributed by atoms with van der Waals surface area (Å²) in [6.45, 7) is 12.0. The van der Waals surface area contributed by atoms with E-state index in [9.17, 15) is 14.7 Å². The first-order chi connectivity index (χ1) is 16.5. The topological polar surface area (TPSA) is 107 Å². The summed E-state index contributed by atoms with van der Waals surface area (Å²) < 4.78 is 5.48. The Kier molecular flexibility index (Phi) is 7.33. The lowest BCUT2D eigenvalue weighted by Crippen LogP contribution is -2.57. The number of aryl methyl sites for hydroxylation is 1. The van der Waals surface area contributed by atoms with E-state index in [-0.39, 0.29) is 48.6 Å². The molecular weight excluding hydrogens is 464 g/mol. The van der Waals surface area contributed by atoms with Gasteiger partial charge in [0.25, 0.3) is 0 Å². The molecule has 2 aliphatic rings. The number of hydrogen-bond acceptors (Lipinski definition) is 7. The van der Waals surface area contributed by atoms with Crippen LogP contribution in [0.1, 0.15) is 58.3 Å². The summed E-state index contributed by atoms with van der Waals surface area (Å²) >= 11 is 1.60. The fourth-order valence-electron chi connectivity index (χ4n) is 4.58. The Morgan fingerprint density at radius 1 is 1.26 bits per heavy atom. The predicted molar refractivity (Wildman–Crippen MR) is 136 cm³/mol. The zero-order valence-electron chi connectivity index (χ0n) is 21.2. The molecule has 3 N–H and O–H groups in total. The number of carbonyl (C=O) groups excluding carboxylic acids is 2. The molecule has 0 radical (unpaired) electrons. The summed E-state index contributed by atoms with van der Waals surface area (Å²) in [7, 11) is 0. The minimum absolute atomic E-state index is 0.0585. The van der Waals surface area contributed by atoms with Crippen molar-refractivity contribution in [2.45, 2.75) is 84.5 Å². The van der Waals surface area contributed by atoms with E-state index < -0.39 is 18.2 Å². The predicted octanol–water partition coefficient (Wildman–Crippen LogP) is 3.01. The second-order valence-electron chi connectivity index (χ2n) is 10.7. The number of aliphatic hydroxyl groups excluding tert-OH is 1. The van der Waals surface area contributed by atoms with Crippen molar-refractivity contribution in [1.82, 2.24) is 20.5 Å². The van der Waals surface area contributed by atoms with Crippen LogP contribution >= 0.6 is 11.3 Å². The Morgan fingerprint density at radius 3 is 2.46 bits per heavy atom. The maximum absolute atomic E-state index is 13.6. The highest BCUT2D eigenvalue weighted by atomic mass is 32.1. The molecule has 2 saturated heterocycles. The summed E-state index contributed by atoms with van der Waals surface area (Å²) in [5.41, 5.74) is 4.51. The van der Waals surface area contributed by atoms with Crippen LogP contribution in [0.4, 0.5) is 0 Å². The number of ether oxygens (including phenoxy) is 1. The van der Waals surface area contributed by atoms with E-state index in [0.29, 0.717) is 0 Å². The number of aliphatic hydroxyl groups is 1. The molecule has 0 saturated carbocycles. The highest BCUT2D eigenvalue weighted by molar-refractivity contribution is 7.13. The van der Waals surface area contributed by atoms with Crippen LogP contribution < -0.4 is 10.6 Å². The van der Waals surface area contributed by atoms with Gasteiger partial charge in [-0.05, 0) is 37.3 Å². The van der Waals surface area contributed by atoms with E-state index in [4.69, 9.17) is 4.74 Å². The smallest absolute Gasteiger partial charge is 0.243 e. The number of amides is 2. The maximum Gasteiger partial charge on any atom is 0.243 e. The average Bonchev–Trinajstić information content (AvgIpc) is 3.14. The number of rotatable bonds is 7. The normalized spacial score (nSPS) is 25.9. The number of nitrogens with one attached hydrogen (secondary N) is 2. The standard InChI is InChI=1S/C26H36N4O4S/c1-14(17-7-9-18(10-8-17)21-15(2)27-13-35-21)28-23(32)20-11-19(31)12-30(20)25(33)22(26(4,5)6)29-24-16(3)34-24/h7-10,13-14,16,19-20,22,24,29,31H,11-12H2,1-6H3,(H,28,32)/t14-,16-,19-,20-,22+,24?/m0/s1. The van der Waals surface area contributed by atoms with Crippen molar-refractivity contribution in [1.29, 1.82) is 0 Å². The molecule has 2 aromatic rings. The summed E-state index contributed by atoms with van der Waals surface area (Å²) in [5.74, 6) is -0.442. The van der Waals surface area contributed by atoms with Crippen LogP contribution in [-0.2, 0) is 14.3 Å². The molecule has 9 heteroatoms. The number of benzene rings is 1. The van der Waals surface area contributed by atoms with Gasteiger partial charge in [0, 0.05) is 13.0 Å². The molecule has 35 heavy (non-hydrogen) atoms. The molecule has 1 aromatic carbocycles. The fraction of sp³-hybridized carbons (Fsp3) is 0.577. The van der Waals surface area contributed by atoms with Crippen LogP contribution in [-0.4, -0.2) is 63.9 Å². The monoisotopic (exact) mass is 500 g/mol. The average molecular weight is 501 g/mol. The van der Waals surface area contributed by atoms with Crippen molar-refractivity contribution >= 4 is 23.2 Å². The van der Waals surface area contributed by atoms with Gasteiger partial charge in [-0.25, -0.2) is 4.98 Å². The third-order valence-corrected chi connectivity index (χ3v) is 7.77. The molecule has 2 fully saturated rings. The van der Waals surface area contributed by atoms with Gasteiger partial charge >= 0.3 is 0 Å². The molecule has 1 aromatic heterocycles. The third kappa shape index (κ3) is 5.74. The molecule has 8 nitrogen and oxygen atoms in total. The first kappa shape index (κ1) is 25.8. The van der Waals surface area contributed by atoms with Gasteiger partial charge in [-0.3, -0.25) is 14.9 Å². The van der Waals surface area contributed by atoms with Gasteiger partial charge in [-0.15, -0.1) is 11.3 Å². The number of epoxide rings is 1. The van der Waals surface area contributed by atoms with E-state index in [0.717, 1.165) is 21.7 Å². The molecule has 4 rings (SSSR count). The summed E-state index contributed by atoms with van der Waals surface area (Å²) in [4.78, 5) is 33.8. The molecule has 2 amide bonds. The quantitative estimate of drug-likeness (QED) is 0.505. The van der Waals surface area contributed by atoms with Gasteiger partial charge < -0.3 is 20.1 Å². The number of aromatic nitrogens is 1. The van der Waals surface area contributed by atoms with E-state index in [1.54, 1.807) is 11.3 Å². The number of nitrogens with zero attached hydrogens (tertiary/aromatic N) is 2. The third-order valence-electron chi connectivity index (χ3n) is 6.80.